The first kappa shape index (κ1) is 18.8. The molecule has 0 saturated heterocycles. The van der Waals surface area contributed by atoms with Crippen molar-refractivity contribution < 1.29 is 9.90 Å². The second-order valence-electron chi connectivity index (χ2n) is 4.99. The Labute approximate surface area is 107 Å². The van der Waals surface area contributed by atoms with Gasteiger partial charge < -0.3 is 10.8 Å². The van der Waals surface area contributed by atoms with Gasteiger partial charge in [-0.3, -0.25) is 4.79 Å². The number of hydrogen-bond acceptors (Lipinski definition) is 2. The molecule has 0 radical (unpaired) electrons. The molecular formula is C14H31NO2. The fraction of sp³-hybridized carbons (Fsp3) is 0.929. The molecule has 0 heterocycles. The van der Waals surface area contributed by atoms with Crippen LogP contribution < -0.4 is 5.73 Å². The number of aliphatic carboxylic acids is 1. The molecule has 3 nitrogen and oxygen atoms in total. The van der Waals surface area contributed by atoms with Crippen LogP contribution in [0.3, 0.4) is 0 Å². The van der Waals surface area contributed by atoms with E-state index in [0.717, 1.165) is 12.8 Å². The largest absolute Gasteiger partial charge is 0.481 e. The zero-order chi connectivity index (χ0) is 13.7. The average molecular weight is 245 g/mol. The molecule has 1 fully saturated rings. The van der Waals surface area contributed by atoms with Gasteiger partial charge in [0.1, 0.15) is 0 Å². The molecule has 0 spiro atoms. The summed E-state index contributed by atoms with van der Waals surface area (Å²) in [6, 6.07) is 0.333. The SMILES string of the molecule is CC(C)N.CCCCC.O=C(O)CC1CCC1. The molecule has 1 saturated carbocycles. The van der Waals surface area contributed by atoms with E-state index in [1.54, 1.807) is 0 Å². The highest BCUT2D eigenvalue weighted by Crippen LogP contribution is 2.28. The first-order chi connectivity index (χ1) is 7.93. The summed E-state index contributed by atoms with van der Waals surface area (Å²) in [6.45, 7) is 8.31. The molecular weight excluding hydrogens is 214 g/mol. The quantitative estimate of drug-likeness (QED) is 0.791. The molecule has 1 aliphatic rings. The maximum absolute atomic E-state index is 10.0. The number of rotatable bonds is 4. The second-order valence-corrected chi connectivity index (χ2v) is 4.99. The van der Waals surface area contributed by atoms with Crippen LogP contribution in [0, 0.1) is 5.92 Å². The second kappa shape index (κ2) is 13.5. The van der Waals surface area contributed by atoms with E-state index < -0.39 is 5.97 Å². The van der Waals surface area contributed by atoms with Gasteiger partial charge in [-0.1, -0.05) is 53.4 Å². The minimum Gasteiger partial charge on any atom is -0.481 e. The van der Waals surface area contributed by atoms with Crippen LogP contribution in [0.15, 0.2) is 0 Å². The maximum atomic E-state index is 10.0. The van der Waals surface area contributed by atoms with Crippen molar-refractivity contribution >= 4 is 5.97 Å². The minimum atomic E-state index is -0.644. The number of unbranched alkanes of at least 4 members (excludes halogenated alkanes) is 2. The van der Waals surface area contributed by atoms with Gasteiger partial charge >= 0.3 is 5.97 Å². The topological polar surface area (TPSA) is 63.3 Å². The van der Waals surface area contributed by atoms with E-state index in [-0.39, 0.29) is 0 Å². The Morgan fingerprint density at radius 1 is 1.29 bits per heavy atom. The molecule has 17 heavy (non-hydrogen) atoms. The predicted octanol–water partition coefficient (Wildman–Crippen LogP) is 3.81. The molecule has 0 aliphatic heterocycles. The van der Waals surface area contributed by atoms with Crippen LogP contribution in [-0.2, 0) is 4.79 Å². The molecule has 3 N–H and O–H groups in total. The van der Waals surface area contributed by atoms with Gasteiger partial charge in [0.05, 0.1) is 0 Å². The molecule has 0 amide bonds. The average Bonchev–Trinajstić information content (AvgIpc) is 2.13. The summed E-state index contributed by atoms with van der Waals surface area (Å²) in [6.07, 6.45) is 7.96. The number of hydrogen-bond donors (Lipinski definition) is 2. The van der Waals surface area contributed by atoms with E-state index in [4.69, 9.17) is 10.8 Å². The van der Waals surface area contributed by atoms with E-state index in [2.05, 4.69) is 13.8 Å². The first-order valence-corrected chi connectivity index (χ1v) is 6.91. The molecule has 1 aliphatic carbocycles. The normalized spacial score (nSPS) is 14.0. The monoisotopic (exact) mass is 245 g/mol. The lowest BCUT2D eigenvalue weighted by atomic mass is 9.83. The van der Waals surface area contributed by atoms with E-state index in [9.17, 15) is 4.79 Å². The summed E-state index contributed by atoms with van der Waals surface area (Å²) in [5.41, 5.74) is 5.11. The third kappa shape index (κ3) is 21.3. The fourth-order valence-corrected chi connectivity index (χ4v) is 1.30. The van der Waals surface area contributed by atoms with Crippen molar-refractivity contribution in [2.75, 3.05) is 0 Å². The van der Waals surface area contributed by atoms with Crippen molar-refractivity contribution in [2.24, 2.45) is 11.7 Å². The van der Waals surface area contributed by atoms with Crippen LogP contribution in [0.1, 0.15) is 72.6 Å². The van der Waals surface area contributed by atoms with Gasteiger partial charge in [-0.2, -0.15) is 0 Å². The zero-order valence-corrected chi connectivity index (χ0v) is 12.0. The summed E-state index contributed by atoms with van der Waals surface area (Å²) in [5, 5.41) is 8.25. The molecule has 3 heteroatoms. The number of carbonyl (C=O) groups is 1. The first-order valence-electron chi connectivity index (χ1n) is 6.91. The van der Waals surface area contributed by atoms with Gasteiger partial charge in [0.2, 0.25) is 0 Å². The van der Waals surface area contributed by atoms with E-state index in [0.29, 0.717) is 18.4 Å². The van der Waals surface area contributed by atoms with Gasteiger partial charge in [-0.05, 0) is 24.8 Å². The van der Waals surface area contributed by atoms with Gasteiger partial charge in [-0.25, -0.2) is 0 Å². The van der Waals surface area contributed by atoms with Crippen molar-refractivity contribution in [3.8, 4) is 0 Å². The Kier molecular flexibility index (Phi) is 14.9. The fourth-order valence-electron chi connectivity index (χ4n) is 1.30. The third-order valence-corrected chi connectivity index (χ3v) is 2.40. The highest BCUT2D eigenvalue weighted by atomic mass is 16.4. The Hall–Kier alpha value is -0.570. The van der Waals surface area contributed by atoms with E-state index >= 15 is 0 Å². The van der Waals surface area contributed by atoms with Crippen molar-refractivity contribution in [2.45, 2.75) is 78.7 Å². The molecule has 1 rings (SSSR count). The lowest BCUT2D eigenvalue weighted by molar-refractivity contribution is -0.138. The van der Waals surface area contributed by atoms with Crippen molar-refractivity contribution in [3.63, 3.8) is 0 Å². The van der Waals surface area contributed by atoms with Crippen LogP contribution in [-0.4, -0.2) is 17.1 Å². The minimum absolute atomic E-state index is 0.333. The summed E-state index contributed by atoms with van der Waals surface area (Å²) in [5.74, 6) is -0.137. The van der Waals surface area contributed by atoms with Gasteiger partial charge in [0.15, 0.2) is 0 Å². The van der Waals surface area contributed by atoms with Crippen molar-refractivity contribution in [3.05, 3.63) is 0 Å². The maximum Gasteiger partial charge on any atom is 0.303 e. The van der Waals surface area contributed by atoms with Crippen molar-refractivity contribution in [1.82, 2.24) is 0 Å². The summed E-state index contributed by atoms with van der Waals surface area (Å²) < 4.78 is 0. The highest BCUT2D eigenvalue weighted by molar-refractivity contribution is 5.67. The van der Waals surface area contributed by atoms with Crippen molar-refractivity contribution in [1.29, 1.82) is 0 Å². The molecule has 0 aromatic carbocycles. The Morgan fingerprint density at radius 3 is 1.76 bits per heavy atom. The van der Waals surface area contributed by atoms with Crippen LogP contribution >= 0.6 is 0 Å². The number of carboxylic acids is 1. The number of carboxylic acid groups (broad SMARTS) is 1. The zero-order valence-electron chi connectivity index (χ0n) is 12.0. The Bertz CT molecular complexity index is 161. The number of nitrogens with two attached hydrogens (primary N) is 1. The van der Waals surface area contributed by atoms with Crippen LogP contribution in [0.25, 0.3) is 0 Å². The molecule has 0 aromatic rings. The predicted molar refractivity (Wildman–Crippen MR) is 74.1 cm³/mol. The van der Waals surface area contributed by atoms with Crippen LogP contribution in [0.5, 0.6) is 0 Å². The van der Waals surface area contributed by atoms with Crippen LogP contribution in [0.2, 0.25) is 0 Å². The van der Waals surface area contributed by atoms with Crippen LogP contribution in [0.4, 0.5) is 0 Å². The molecule has 104 valence electrons. The highest BCUT2D eigenvalue weighted by Gasteiger charge is 2.19. The molecule has 0 unspecified atom stereocenters. The van der Waals surface area contributed by atoms with E-state index in [1.165, 1.54) is 25.7 Å². The third-order valence-electron chi connectivity index (χ3n) is 2.40. The summed E-state index contributed by atoms with van der Waals surface area (Å²) >= 11 is 0. The Balaban J connectivity index is 0. The van der Waals surface area contributed by atoms with E-state index in [1.807, 2.05) is 13.8 Å². The molecule has 0 atom stereocenters. The molecule has 0 aromatic heterocycles. The lowest BCUT2D eigenvalue weighted by Crippen LogP contribution is -2.14. The lowest BCUT2D eigenvalue weighted by Gasteiger charge is -2.22. The summed E-state index contributed by atoms with van der Waals surface area (Å²) in [7, 11) is 0. The standard InChI is InChI=1S/C6H10O2.C5H12.C3H9N/c7-6(8)4-5-2-1-3-5;1-3-5-4-2;1-3(2)4/h5H,1-4H2,(H,7,8);3-5H2,1-2H3;3H,4H2,1-2H3. The molecule has 0 bridgehead atoms. The van der Waals surface area contributed by atoms with Gasteiger partial charge in [0.25, 0.3) is 0 Å². The summed E-state index contributed by atoms with van der Waals surface area (Å²) in [4.78, 5) is 10.0. The Morgan fingerprint density at radius 2 is 1.71 bits per heavy atom. The smallest absolute Gasteiger partial charge is 0.303 e. The van der Waals surface area contributed by atoms with Gasteiger partial charge in [-0.15, -0.1) is 0 Å². The van der Waals surface area contributed by atoms with Gasteiger partial charge in [0, 0.05) is 6.42 Å².